The molecule has 3 nitrogen and oxygen atoms in total. The molecule has 0 aliphatic heterocycles. The number of nitrogen functional groups attached to an aromatic ring is 1. The van der Waals surface area contributed by atoms with Crippen molar-refractivity contribution < 1.29 is 0 Å². The molecule has 0 spiro atoms. The summed E-state index contributed by atoms with van der Waals surface area (Å²) in [7, 11) is 0. The van der Waals surface area contributed by atoms with Crippen LogP contribution in [0.4, 0.5) is 5.69 Å². The molecule has 0 unspecified atom stereocenters. The molecule has 2 rings (SSSR count). The molecule has 2 aromatic rings. The lowest BCUT2D eigenvalue weighted by Gasteiger charge is -2.17. The van der Waals surface area contributed by atoms with E-state index in [-0.39, 0.29) is 4.75 Å². The van der Waals surface area contributed by atoms with E-state index in [2.05, 4.69) is 30.7 Å². The Bertz CT molecular complexity index is 517. The lowest BCUT2D eigenvalue weighted by atomic mass is 10.2. The van der Waals surface area contributed by atoms with Crippen molar-refractivity contribution >= 4 is 28.4 Å². The molecule has 0 atom stereocenters. The van der Waals surface area contributed by atoms with Crippen molar-refractivity contribution in [1.82, 2.24) is 9.97 Å². The van der Waals surface area contributed by atoms with E-state index < -0.39 is 0 Å². The molecule has 0 bridgehead atoms. The fraction of sp³-hybridized carbons (Fsp3) is 0.333. The van der Waals surface area contributed by atoms with Gasteiger partial charge in [-0.1, -0.05) is 32.5 Å². The third-order valence-corrected chi connectivity index (χ3v) is 3.16. The third-order valence-electron chi connectivity index (χ3n) is 2.03. The molecule has 2 N–H and O–H groups in total. The van der Waals surface area contributed by atoms with Crippen LogP contribution in [0.3, 0.4) is 0 Å². The van der Waals surface area contributed by atoms with Crippen LogP contribution in [0.5, 0.6) is 0 Å². The van der Waals surface area contributed by atoms with Gasteiger partial charge >= 0.3 is 0 Å². The van der Waals surface area contributed by atoms with Crippen molar-refractivity contribution in [2.75, 3.05) is 5.73 Å². The highest BCUT2D eigenvalue weighted by Gasteiger charge is 2.15. The summed E-state index contributed by atoms with van der Waals surface area (Å²) in [6.45, 7) is 6.51. The molecule has 0 aliphatic carbocycles. The average molecular weight is 233 g/mol. The zero-order valence-electron chi connectivity index (χ0n) is 9.69. The molecule has 0 aliphatic rings. The maximum atomic E-state index is 5.73. The Morgan fingerprint density at radius 1 is 1.19 bits per heavy atom. The minimum atomic E-state index is 0.142. The number of thioether (sulfide) groups is 1. The van der Waals surface area contributed by atoms with E-state index in [1.54, 1.807) is 18.1 Å². The molecule has 1 aromatic heterocycles. The van der Waals surface area contributed by atoms with E-state index in [0.29, 0.717) is 0 Å². The highest BCUT2D eigenvalue weighted by Crippen LogP contribution is 2.34. The SMILES string of the molecule is CC(C)(C)Sc1ncnc2cc(N)ccc12. The van der Waals surface area contributed by atoms with Gasteiger partial charge in [0.2, 0.25) is 0 Å². The van der Waals surface area contributed by atoms with E-state index in [9.17, 15) is 0 Å². The molecule has 0 fully saturated rings. The number of nitrogens with two attached hydrogens (primary N) is 1. The number of rotatable bonds is 1. The summed E-state index contributed by atoms with van der Waals surface area (Å²) in [4.78, 5) is 8.56. The third kappa shape index (κ3) is 2.44. The maximum absolute atomic E-state index is 5.73. The quantitative estimate of drug-likeness (QED) is 0.467. The van der Waals surface area contributed by atoms with Gasteiger partial charge in [0.05, 0.1) is 5.52 Å². The van der Waals surface area contributed by atoms with E-state index in [4.69, 9.17) is 5.73 Å². The van der Waals surface area contributed by atoms with E-state index in [0.717, 1.165) is 21.6 Å². The number of hydrogen-bond donors (Lipinski definition) is 1. The summed E-state index contributed by atoms with van der Waals surface area (Å²) in [5.41, 5.74) is 7.37. The Hall–Kier alpha value is -1.29. The molecule has 4 heteroatoms. The van der Waals surface area contributed by atoms with Gasteiger partial charge in [0, 0.05) is 15.8 Å². The Balaban J connectivity index is 2.54. The molecule has 16 heavy (non-hydrogen) atoms. The van der Waals surface area contributed by atoms with E-state index in [1.165, 1.54) is 0 Å². The summed E-state index contributed by atoms with van der Waals surface area (Å²) < 4.78 is 0.142. The van der Waals surface area contributed by atoms with Crippen LogP contribution in [0.25, 0.3) is 10.9 Å². The van der Waals surface area contributed by atoms with Crippen LogP contribution < -0.4 is 5.73 Å². The van der Waals surface area contributed by atoms with Gasteiger partial charge < -0.3 is 5.73 Å². The molecule has 84 valence electrons. The first kappa shape index (κ1) is 11.2. The Morgan fingerprint density at radius 2 is 1.94 bits per heavy atom. The van der Waals surface area contributed by atoms with Crippen LogP contribution in [0.15, 0.2) is 29.6 Å². The van der Waals surface area contributed by atoms with Crippen molar-refractivity contribution in [2.45, 2.75) is 30.5 Å². The van der Waals surface area contributed by atoms with Crippen molar-refractivity contribution in [3.63, 3.8) is 0 Å². The molecule has 0 radical (unpaired) electrons. The number of anilines is 1. The molecular weight excluding hydrogens is 218 g/mol. The first-order chi connectivity index (χ1) is 7.46. The zero-order valence-corrected chi connectivity index (χ0v) is 10.5. The predicted molar refractivity (Wildman–Crippen MR) is 69.6 cm³/mol. The van der Waals surface area contributed by atoms with E-state index in [1.807, 2.05) is 18.2 Å². The smallest absolute Gasteiger partial charge is 0.117 e. The highest BCUT2D eigenvalue weighted by molar-refractivity contribution is 8.00. The van der Waals surface area contributed by atoms with Crippen LogP contribution in [0.2, 0.25) is 0 Å². The van der Waals surface area contributed by atoms with Crippen molar-refractivity contribution in [3.05, 3.63) is 24.5 Å². The van der Waals surface area contributed by atoms with Crippen LogP contribution in [0, 0.1) is 0 Å². The molecule has 0 saturated heterocycles. The standard InChI is InChI=1S/C12H15N3S/c1-12(2,3)16-11-9-5-4-8(13)6-10(9)14-7-15-11/h4-7H,13H2,1-3H3. The minimum Gasteiger partial charge on any atom is -0.399 e. The lowest BCUT2D eigenvalue weighted by Crippen LogP contribution is -2.07. The lowest BCUT2D eigenvalue weighted by molar-refractivity contribution is 0.800. The Morgan fingerprint density at radius 3 is 2.62 bits per heavy atom. The Labute approximate surface area is 99.5 Å². The van der Waals surface area contributed by atoms with Crippen molar-refractivity contribution in [2.24, 2.45) is 0 Å². The number of nitrogens with zero attached hydrogens (tertiary/aromatic N) is 2. The first-order valence-electron chi connectivity index (χ1n) is 5.15. The van der Waals surface area contributed by atoms with Gasteiger partial charge in [-0.05, 0) is 18.2 Å². The van der Waals surface area contributed by atoms with Crippen LogP contribution in [-0.4, -0.2) is 14.7 Å². The Kier molecular flexibility index (Phi) is 2.76. The molecular formula is C12H15N3S. The van der Waals surface area contributed by atoms with Gasteiger partial charge in [0.15, 0.2) is 0 Å². The number of fused-ring (bicyclic) bond motifs is 1. The van der Waals surface area contributed by atoms with Crippen molar-refractivity contribution in [3.8, 4) is 0 Å². The average Bonchev–Trinajstić information content (AvgIpc) is 2.15. The summed E-state index contributed by atoms with van der Waals surface area (Å²) in [6, 6.07) is 5.75. The summed E-state index contributed by atoms with van der Waals surface area (Å²) >= 11 is 1.74. The summed E-state index contributed by atoms with van der Waals surface area (Å²) in [5.74, 6) is 0. The zero-order chi connectivity index (χ0) is 11.8. The highest BCUT2D eigenvalue weighted by atomic mass is 32.2. The largest absolute Gasteiger partial charge is 0.399 e. The fourth-order valence-corrected chi connectivity index (χ4v) is 2.38. The van der Waals surface area contributed by atoms with Crippen LogP contribution in [0.1, 0.15) is 20.8 Å². The van der Waals surface area contributed by atoms with Crippen LogP contribution in [-0.2, 0) is 0 Å². The molecule has 1 heterocycles. The topological polar surface area (TPSA) is 51.8 Å². The summed E-state index contributed by atoms with van der Waals surface area (Å²) in [5, 5.41) is 2.08. The second-order valence-electron chi connectivity index (χ2n) is 4.67. The summed E-state index contributed by atoms with van der Waals surface area (Å²) in [6.07, 6.45) is 1.59. The van der Waals surface area contributed by atoms with Gasteiger partial charge in [-0.2, -0.15) is 0 Å². The maximum Gasteiger partial charge on any atom is 0.117 e. The second kappa shape index (κ2) is 3.94. The van der Waals surface area contributed by atoms with Gasteiger partial charge in [-0.3, -0.25) is 0 Å². The van der Waals surface area contributed by atoms with Crippen LogP contribution >= 0.6 is 11.8 Å². The number of benzene rings is 1. The number of aromatic nitrogens is 2. The molecule has 0 amide bonds. The normalized spacial score (nSPS) is 11.9. The molecule has 1 aromatic carbocycles. The number of hydrogen-bond acceptors (Lipinski definition) is 4. The fourth-order valence-electron chi connectivity index (χ4n) is 1.42. The predicted octanol–water partition coefficient (Wildman–Crippen LogP) is 3.10. The first-order valence-corrected chi connectivity index (χ1v) is 5.97. The van der Waals surface area contributed by atoms with E-state index >= 15 is 0 Å². The van der Waals surface area contributed by atoms with Gasteiger partial charge in [-0.25, -0.2) is 9.97 Å². The van der Waals surface area contributed by atoms with Crippen molar-refractivity contribution in [1.29, 1.82) is 0 Å². The molecule has 0 saturated carbocycles. The second-order valence-corrected chi connectivity index (χ2v) is 6.49. The monoisotopic (exact) mass is 233 g/mol. The van der Waals surface area contributed by atoms with Gasteiger partial charge in [0.25, 0.3) is 0 Å². The van der Waals surface area contributed by atoms with Gasteiger partial charge in [-0.15, -0.1) is 0 Å². The minimum absolute atomic E-state index is 0.142. The van der Waals surface area contributed by atoms with Gasteiger partial charge in [0.1, 0.15) is 11.4 Å².